The van der Waals surface area contributed by atoms with Gasteiger partial charge in [-0.15, -0.1) is 0 Å². The van der Waals surface area contributed by atoms with Crippen LogP contribution in [0.2, 0.25) is 0 Å². The molecule has 1 aliphatic carbocycles. The smallest absolute Gasteiger partial charge is 0.311 e. The molecule has 3 N–H and O–H groups in total. The number of carboxylic acids is 1. The fourth-order valence-electron chi connectivity index (χ4n) is 4.35. The highest BCUT2D eigenvalue weighted by molar-refractivity contribution is 5.87. The largest absolute Gasteiger partial charge is 0.481 e. The molecule has 24 heavy (non-hydrogen) atoms. The van der Waals surface area contributed by atoms with Crippen molar-refractivity contribution in [3.63, 3.8) is 0 Å². The lowest BCUT2D eigenvalue weighted by atomic mass is 9.62. The molecule has 1 atom stereocenters. The second kappa shape index (κ2) is 5.09. The van der Waals surface area contributed by atoms with Crippen LogP contribution in [-0.4, -0.2) is 22.6 Å². The predicted molar refractivity (Wildman–Crippen MR) is 95.4 cm³/mol. The normalized spacial score (nSPS) is 22.9. The summed E-state index contributed by atoms with van der Waals surface area (Å²) < 4.78 is 0. The Labute approximate surface area is 142 Å². The third-order valence-electron chi connectivity index (χ3n) is 6.04. The van der Waals surface area contributed by atoms with Crippen LogP contribution in [-0.2, 0) is 16.6 Å². The lowest BCUT2D eigenvalue weighted by molar-refractivity contribution is -0.158. The Morgan fingerprint density at radius 2 is 2.04 bits per heavy atom. The molecular weight excluding hydrogens is 300 g/mol. The zero-order valence-electron chi connectivity index (χ0n) is 14.7. The van der Waals surface area contributed by atoms with Gasteiger partial charge in [0.25, 0.3) is 0 Å². The molecule has 1 saturated carbocycles. The average molecular weight is 326 g/mol. The monoisotopic (exact) mass is 326 g/mol. The lowest BCUT2D eigenvalue weighted by Gasteiger charge is -2.45. The zero-order chi connectivity index (χ0) is 17.1. The van der Waals surface area contributed by atoms with E-state index >= 15 is 0 Å². The lowest BCUT2D eigenvalue weighted by Crippen LogP contribution is -2.50. The van der Waals surface area contributed by atoms with E-state index in [4.69, 9.17) is 0 Å². The quantitative estimate of drug-likeness (QED) is 0.784. The minimum absolute atomic E-state index is 0.0991. The molecule has 4 heteroatoms. The fourth-order valence-corrected chi connectivity index (χ4v) is 4.35. The number of aliphatic carboxylic acids is 1. The van der Waals surface area contributed by atoms with Gasteiger partial charge in [-0.3, -0.25) is 4.79 Å². The molecule has 128 valence electrons. The Bertz CT molecular complexity index is 809. The van der Waals surface area contributed by atoms with Gasteiger partial charge in [-0.25, -0.2) is 0 Å². The molecule has 1 fully saturated rings. The number of carboxylic acid groups (broad SMARTS) is 1. The van der Waals surface area contributed by atoms with Gasteiger partial charge < -0.3 is 15.4 Å². The molecule has 2 heterocycles. The van der Waals surface area contributed by atoms with E-state index in [2.05, 4.69) is 49.3 Å². The number of fused-ring (bicyclic) bond motifs is 3. The summed E-state index contributed by atoms with van der Waals surface area (Å²) in [6, 6.07) is 6.53. The minimum atomic E-state index is -0.659. The van der Waals surface area contributed by atoms with E-state index in [-0.39, 0.29) is 11.5 Å². The maximum atomic E-state index is 12.0. The van der Waals surface area contributed by atoms with Crippen molar-refractivity contribution in [1.82, 2.24) is 10.3 Å². The van der Waals surface area contributed by atoms with Gasteiger partial charge in [0.2, 0.25) is 0 Å². The molecular formula is C20H26N2O2. The summed E-state index contributed by atoms with van der Waals surface area (Å²) >= 11 is 0. The minimum Gasteiger partial charge on any atom is -0.481 e. The maximum absolute atomic E-state index is 12.0. The summed E-state index contributed by atoms with van der Waals surface area (Å²) in [5, 5.41) is 14.6. The topological polar surface area (TPSA) is 65.1 Å². The molecule has 1 unspecified atom stereocenters. The molecule has 2 aromatic rings. The molecule has 2 aliphatic rings. The average Bonchev–Trinajstić information content (AvgIpc) is 2.83. The number of hydrogen-bond acceptors (Lipinski definition) is 2. The molecule has 0 radical (unpaired) electrons. The third kappa shape index (κ3) is 2.12. The van der Waals surface area contributed by atoms with E-state index in [9.17, 15) is 9.90 Å². The summed E-state index contributed by atoms with van der Waals surface area (Å²) in [6.45, 7) is 7.53. The third-order valence-corrected chi connectivity index (χ3v) is 6.04. The predicted octanol–water partition coefficient (Wildman–Crippen LogP) is 3.91. The Hall–Kier alpha value is -1.81. The first-order chi connectivity index (χ1) is 11.3. The molecule has 1 aromatic carbocycles. The SMILES string of the molecule is CC(C)(C)c1ccc2[nH]c3c(c2c1)CCNC3C1(C(=O)O)CCC1. The standard InChI is InChI=1S/C20H26N2O2/c1-19(2,3)12-5-6-15-14(11-12)13-7-10-21-17(16(13)22-15)20(18(23)24)8-4-9-20/h5-6,11,17,21-22H,4,7-10H2,1-3H3,(H,23,24). The molecule has 4 nitrogen and oxygen atoms in total. The van der Waals surface area contributed by atoms with Crippen molar-refractivity contribution in [3.05, 3.63) is 35.0 Å². The van der Waals surface area contributed by atoms with Crippen molar-refractivity contribution in [3.8, 4) is 0 Å². The maximum Gasteiger partial charge on any atom is 0.311 e. The van der Waals surface area contributed by atoms with Gasteiger partial charge in [0.1, 0.15) is 0 Å². The Morgan fingerprint density at radius 3 is 2.62 bits per heavy atom. The van der Waals surface area contributed by atoms with Crippen LogP contribution in [0.5, 0.6) is 0 Å². The molecule has 0 amide bonds. The number of aromatic amines is 1. The first-order valence-electron chi connectivity index (χ1n) is 8.95. The first-order valence-corrected chi connectivity index (χ1v) is 8.95. The van der Waals surface area contributed by atoms with Crippen LogP contribution < -0.4 is 5.32 Å². The van der Waals surface area contributed by atoms with Crippen LogP contribution in [0.1, 0.15) is 62.9 Å². The van der Waals surface area contributed by atoms with Gasteiger partial charge in [-0.2, -0.15) is 0 Å². The molecule has 0 bridgehead atoms. The Balaban J connectivity index is 1.86. The summed E-state index contributed by atoms with van der Waals surface area (Å²) in [5.74, 6) is -0.659. The van der Waals surface area contributed by atoms with Crippen LogP contribution in [0.4, 0.5) is 0 Å². The van der Waals surface area contributed by atoms with E-state index in [1.165, 1.54) is 16.5 Å². The highest BCUT2D eigenvalue weighted by atomic mass is 16.4. The van der Waals surface area contributed by atoms with E-state index in [1.54, 1.807) is 0 Å². The van der Waals surface area contributed by atoms with E-state index in [1.807, 2.05) is 0 Å². The number of rotatable bonds is 2. The van der Waals surface area contributed by atoms with Crippen molar-refractivity contribution < 1.29 is 9.90 Å². The van der Waals surface area contributed by atoms with Gasteiger partial charge in [0, 0.05) is 16.6 Å². The highest BCUT2D eigenvalue weighted by Gasteiger charge is 2.52. The Morgan fingerprint density at radius 1 is 1.29 bits per heavy atom. The van der Waals surface area contributed by atoms with Crippen molar-refractivity contribution in [2.24, 2.45) is 5.41 Å². The number of carbonyl (C=O) groups is 1. The number of H-pyrrole nitrogens is 1. The van der Waals surface area contributed by atoms with Crippen LogP contribution >= 0.6 is 0 Å². The summed E-state index contributed by atoms with van der Waals surface area (Å²) in [5.41, 5.74) is 4.34. The van der Waals surface area contributed by atoms with Crippen LogP contribution in [0, 0.1) is 5.41 Å². The molecule has 1 aliphatic heterocycles. The van der Waals surface area contributed by atoms with Crippen molar-refractivity contribution in [2.45, 2.75) is 57.9 Å². The molecule has 1 aromatic heterocycles. The van der Waals surface area contributed by atoms with Crippen LogP contribution in [0.15, 0.2) is 18.2 Å². The van der Waals surface area contributed by atoms with E-state index in [0.717, 1.165) is 43.4 Å². The molecule has 4 rings (SSSR count). The molecule has 0 saturated heterocycles. The summed E-state index contributed by atoms with van der Waals surface area (Å²) in [4.78, 5) is 15.5. The van der Waals surface area contributed by atoms with E-state index in [0.29, 0.717) is 0 Å². The highest BCUT2D eigenvalue weighted by Crippen LogP contribution is 2.52. The fraction of sp³-hybridized carbons (Fsp3) is 0.550. The van der Waals surface area contributed by atoms with Crippen molar-refractivity contribution >= 4 is 16.9 Å². The first kappa shape index (κ1) is 15.7. The van der Waals surface area contributed by atoms with Crippen molar-refractivity contribution in [2.75, 3.05) is 6.54 Å². The molecule has 0 spiro atoms. The summed E-state index contributed by atoms with van der Waals surface area (Å²) in [7, 11) is 0. The Kier molecular flexibility index (Phi) is 3.33. The van der Waals surface area contributed by atoms with Gasteiger partial charge in [-0.1, -0.05) is 33.3 Å². The number of benzene rings is 1. The summed E-state index contributed by atoms with van der Waals surface area (Å²) in [6.07, 6.45) is 3.49. The van der Waals surface area contributed by atoms with Crippen molar-refractivity contribution in [1.29, 1.82) is 0 Å². The number of nitrogens with one attached hydrogen (secondary N) is 2. The van der Waals surface area contributed by atoms with Crippen LogP contribution in [0.3, 0.4) is 0 Å². The van der Waals surface area contributed by atoms with Gasteiger partial charge in [0.15, 0.2) is 0 Å². The number of aromatic nitrogens is 1. The number of hydrogen-bond donors (Lipinski definition) is 3. The second-order valence-electron chi connectivity index (χ2n) is 8.48. The van der Waals surface area contributed by atoms with Gasteiger partial charge in [0.05, 0.1) is 11.5 Å². The second-order valence-corrected chi connectivity index (χ2v) is 8.48. The zero-order valence-corrected chi connectivity index (χ0v) is 14.7. The van der Waals surface area contributed by atoms with Crippen LogP contribution in [0.25, 0.3) is 10.9 Å². The van der Waals surface area contributed by atoms with E-state index < -0.39 is 11.4 Å². The van der Waals surface area contributed by atoms with Gasteiger partial charge >= 0.3 is 5.97 Å². The van der Waals surface area contributed by atoms with Gasteiger partial charge in [-0.05, 0) is 54.5 Å².